The molecule has 2 N–H and O–H groups in total. The van der Waals surface area contributed by atoms with E-state index in [9.17, 15) is 4.79 Å². The van der Waals surface area contributed by atoms with Gasteiger partial charge < -0.3 is 15.4 Å². The molecule has 0 fully saturated rings. The first-order valence-corrected chi connectivity index (χ1v) is 11.3. The molecular weight excluding hydrogens is 452 g/mol. The molecule has 0 atom stereocenters. The van der Waals surface area contributed by atoms with Gasteiger partial charge in [-0.3, -0.25) is 4.79 Å². The van der Waals surface area contributed by atoms with Crippen molar-refractivity contribution in [2.24, 2.45) is 5.92 Å². The largest absolute Gasteiger partial charge is 0.489 e. The van der Waals surface area contributed by atoms with Crippen LogP contribution in [0, 0.1) is 12.8 Å². The summed E-state index contributed by atoms with van der Waals surface area (Å²) in [5.74, 6) is 1.21. The molecule has 0 saturated carbocycles. The molecule has 0 bridgehead atoms. The van der Waals surface area contributed by atoms with E-state index in [1.165, 1.54) is 5.56 Å². The van der Waals surface area contributed by atoms with Gasteiger partial charge in [-0.15, -0.1) is 0 Å². The maximum atomic E-state index is 12.0. The van der Waals surface area contributed by atoms with Crippen LogP contribution in [0.1, 0.15) is 37.0 Å². The number of ether oxygens (including phenoxy) is 1. The minimum absolute atomic E-state index is 0.0333. The Morgan fingerprint density at radius 3 is 2.48 bits per heavy atom. The zero-order valence-corrected chi connectivity index (χ0v) is 19.8. The van der Waals surface area contributed by atoms with Gasteiger partial charge in [0.1, 0.15) is 12.4 Å². The first-order valence-electron chi connectivity index (χ1n) is 10.5. The van der Waals surface area contributed by atoms with E-state index in [1.54, 1.807) is 0 Å². The van der Waals surface area contributed by atoms with Crippen LogP contribution in [0.15, 0.2) is 71.2 Å². The molecule has 31 heavy (non-hydrogen) atoms. The Bertz CT molecular complexity index is 1020. The van der Waals surface area contributed by atoms with Crippen LogP contribution in [0.5, 0.6) is 5.75 Å². The molecule has 0 spiro atoms. The van der Waals surface area contributed by atoms with Crippen molar-refractivity contribution in [3.63, 3.8) is 0 Å². The maximum absolute atomic E-state index is 12.0. The van der Waals surface area contributed by atoms with Gasteiger partial charge in [-0.2, -0.15) is 0 Å². The molecule has 0 aliphatic carbocycles. The highest BCUT2D eigenvalue weighted by atomic mass is 79.9. The summed E-state index contributed by atoms with van der Waals surface area (Å²) < 4.78 is 7.10. The summed E-state index contributed by atoms with van der Waals surface area (Å²) in [6, 6.07) is 22.2. The zero-order valence-electron chi connectivity index (χ0n) is 18.2. The highest BCUT2D eigenvalue weighted by Crippen LogP contribution is 2.26. The average molecular weight is 481 g/mol. The molecule has 1 amide bonds. The zero-order chi connectivity index (χ0) is 22.2. The number of rotatable bonds is 9. The van der Waals surface area contributed by atoms with E-state index in [-0.39, 0.29) is 5.91 Å². The predicted molar refractivity (Wildman–Crippen MR) is 132 cm³/mol. The Kier molecular flexibility index (Phi) is 8.13. The number of nitrogens with one attached hydrogen (secondary N) is 2. The molecular formula is C26H29BrN2O2. The molecule has 0 unspecified atom stereocenters. The van der Waals surface area contributed by atoms with Crippen molar-refractivity contribution in [2.45, 2.75) is 40.3 Å². The summed E-state index contributed by atoms with van der Waals surface area (Å²) >= 11 is 3.55. The van der Waals surface area contributed by atoms with Gasteiger partial charge in [0.05, 0.1) is 0 Å². The first kappa shape index (κ1) is 22.9. The normalized spacial score (nSPS) is 10.7. The SMILES string of the molecule is Cc1ccc(COc2ccc(Br)cc2CNc2cccc(NC(=O)CC(C)C)c2)cc1. The van der Waals surface area contributed by atoms with Crippen molar-refractivity contribution >= 4 is 33.2 Å². The van der Waals surface area contributed by atoms with E-state index in [2.05, 4.69) is 63.8 Å². The van der Waals surface area contributed by atoms with Crippen LogP contribution in [-0.2, 0) is 17.9 Å². The Balaban J connectivity index is 1.64. The third kappa shape index (κ3) is 7.44. The standard InChI is InChI=1S/C26H29BrN2O2/c1-18(2)13-26(30)29-24-6-4-5-23(15-24)28-16-21-14-22(27)11-12-25(21)31-17-20-9-7-19(3)8-10-20/h4-12,14-15,18,28H,13,16-17H2,1-3H3,(H,29,30). The summed E-state index contributed by atoms with van der Waals surface area (Å²) in [6.45, 7) is 7.27. The number of carbonyl (C=O) groups excluding carboxylic acids is 1. The Hall–Kier alpha value is -2.79. The van der Waals surface area contributed by atoms with Crippen molar-refractivity contribution in [3.8, 4) is 5.75 Å². The molecule has 3 aromatic rings. The molecule has 162 valence electrons. The Morgan fingerprint density at radius 1 is 1.00 bits per heavy atom. The summed E-state index contributed by atoms with van der Waals surface area (Å²) in [6.07, 6.45) is 0.511. The first-order chi connectivity index (χ1) is 14.9. The van der Waals surface area contributed by atoms with Crippen molar-refractivity contribution in [3.05, 3.63) is 87.9 Å². The number of amides is 1. The second kappa shape index (κ2) is 11.0. The molecule has 0 aliphatic rings. The Labute approximate surface area is 193 Å². The van der Waals surface area contributed by atoms with E-state index in [4.69, 9.17) is 4.74 Å². The predicted octanol–water partition coefficient (Wildman–Crippen LogP) is 6.93. The molecule has 0 radical (unpaired) electrons. The Morgan fingerprint density at radius 2 is 1.74 bits per heavy atom. The summed E-state index contributed by atoms with van der Waals surface area (Å²) in [4.78, 5) is 12.0. The van der Waals surface area contributed by atoms with Crippen molar-refractivity contribution < 1.29 is 9.53 Å². The molecule has 3 rings (SSSR count). The number of anilines is 2. The van der Waals surface area contributed by atoms with E-state index < -0.39 is 0 Å². The van der Waals surface area contributed by atoms with Gasteiger partial charge in [-0.25, -0.2) is 0 Å². The fourth-order valence-electron chi connectivity index (χ4n) is 3.16. The molecule has 0 aromatic heterocycles. The third-order valence-electron chi connectivity index (χ3n) is 4.76. The van der Waals surface area contributed by atoms with Crippen molar-refractivity contribution in [2.75, 3.05) is 10.6 Å². The monoisotopic (exact) mass is 480 g/mol. The fraction of sp³-hybridized carbons (Fsp3) is 0.269. The second-order valence-electron chi connectivity index (χ2n) is 8.11. The topological polar surface area (TPSA) is 50.4 Å². The summed E-state index contributed by atoms with van der Waals surface area (Å²) in [5, 5.41) is 6.40. The van der Waals surface area contributed by atoms with Gasteiger partial charge in [0.15, 0.2) is 0 Å². The number of hydrogen-bond acceptors (Lipinski definition) is 3. The number of benzene rings is 3. The summed E-state index contributed by atoms with van der Waals surface area (Å²) in [5.41, 5.74) is 5.15. The lowest BCUT2D eigenvalue weighted by Crippen LogP contribution is -2.14. The molecule has 0 aliphatic heterocycles. The fourth-order valence-corrected chi connectivity index (χ4v) is 3.57. The van der Waals surface area contributed by atoms with E-state index in [1.807, 2.05) is 50.2 Å². The van der Waals surface area contributed by atoms with E-state index >= 15 is 0 Å². The van der Waals surface area contributed by atoms with Gasteiger partial charge >= 0.3 is 0 Å². The minimum Gasteiger partial charge on any atom is -0.489 e. The smallest absolute Gasteiger partial charge is 0.224 e. The van der Waals surface area contributed by atoms with Crippen LogP contribution >= 0.6 is 15.9 Å². The molecule has 0 saturated heterocycles. The minimum atomic E-state index is 0.0333. The van der Waals surface area contributed by atoms with Crippen molar-refractivity contribution in [1.29, 1.82) is 0 Å². The summed E-state index contributed by atoms with van der Waals surface area (Å²) in [7, 11) is 0. The highest BCUT2D eigenvalue weighted by molar-refractivity contribution is 9.10. The van der Waals surface area contributed by atoms with Gasteiger partial charge in [-0.05, 0) is 54.8 Å². The van der Waals surface area contributed by atoms with Crippen LogP contribution in [0.3, 0.4) is 0 Å². The third-order valence-corrected chi connectivity index (χ3v) is 5.25. The van der Waals surface area contributed by atoms with Crippen LogP contribution in [0.2, 0.25) is 0 Å². The maximum Gasteiger partial charge on any atom is 0.224 e. The molecule has 3 aromatic carbocycles. The van der Waals surface area contributed by atoms with E-state index in [0.29, 0.717) is 25.5 Å². The number of halogens is 1. The molecule has 0 heterocycles. The molecule has 4 nitrogen and oxygen atoms in total. The van der Waals surface area contributed by atoms with Gasteiger partial charge in [0, 0.05) is 34.4 Å². The number of aryl methyl sites for hydroxylation is 1. The van der Waals surface area contributed by atoms with Gasteiger partial charge in [0.25, 0.3) is 0 Å². The van der Waals surface area contributed by atoms with Crippen LogP contribution in [0.25, 0.3) is 0 Å². The lowest BCUT2D eigenvalue weighted by atomic mass is 10.1. The quantitative estimate of drug-likeness (QED) is 0.348. The highest BCUT2D eigenvalue weighted by Gasteiger charge is 2.08. The van der Waals surface area contributed by atoms with E-state index in [0.717, 1.165) is 32.7 Å². The van der Waals surface area contributed by atoms with Crippen LogP contribution in [-0.4, -0.2) is 5.91 Å². The number of carbonyl (C=O) groups is 1. The van der Waals surface area contributed by atoms with Gasteiger partial charge in [-0.1, -0.05) is 65.7 Å². The van der Waals surface area contributed by atoms with Gasteiger partial charge in [0.2, 0.25) is 5.91 Å². The average Bonchev–Trinajstić information content (AvgIpc) is 2.72. The number of hydrogen-bond donors (Lipinski definition) is 2. The lowest BCUT2D eigenvalue weighted by Gasteiger charge is -2.14. The molecule has 5 heteroatoms. The lowest BCUT2D eigenvalue weighted by molar-refractivity contribution is -0.116. The van der Waals surface area contributed by atoms with Crippen LogP contribution in [0.4, 0.5) is 11.4 Å². The second-order valence-corrected chi connectivity index (χ2v) is 9.02. The van der Waals surface area contributed by atoms with Crippen molar-refractivity contribution in [1.82, 2.24) is 0 Å². The van der Waals surface area contributed by atoms with Crippen LogP contribution < -0.4 is 15.4 Å².